The number of unbranched alkanes of at least 4 members (excludes halogenated alkanes) is 1. The first-order chi connectivity index (χ1) is 15.9. The molecule has 1 N–H and O–H groups in total. The van der Waals surface area contributed by atoms with E-state index in [1.807, 2.05) is 45.0 Å². The van der Waals surface area contributed by atoms with Crippen LogP contribution in [0.5, 0.6) is 11.5 Å². The van der Waals surface area contributed by atoms with Crippen LogP contribution in [-0.4, -0.2) is 41.5 Å². The van der Waals surface area contributed by atoms with E-state index < -0.39 is 17.7 Å². The maximum absolute atomic E-state index is 13.1. The third-order valence-electron chi connectivity index (χ3n) is 5.47. The van der Waals surface area contributed by atoms with E-state index in [1.54, 1.807) is 23.1 Å². The van der Waals surface area contributed by atoms with Gasteiger partial charge in [-0.2, -0.15) is 0 Å². The Morgan fingerprint density at radius 1 is 1.03 bits per heavy atom. The highest BCUT2D eigenvalue weighted by Gasteiger charge is 2.45. The lowest BCUT2D eigenvalue weighted by molar-refractivity contribution is -0.139. The van der Waals surface area contributed by atoms with Crippen LogP contribution in [0, 0.1) is 0 Å². The number of likely N-dealkylation sites (tertiary alicyclic amines) is 1. The van der Waals surface area contributed by atoms with Crippen molar-refractivity contribution in [2.24, 2.45) is 0 Å². The van der Waals surface area contributed by atoms with Gasteiger partial charge in [0.15, 0.2) is 0 Å². The van der Waals surface area contributed by atoms with Gasteiger partial charge in [0, 0.05) is 12.1 Å². The van der Waals surface area contributed by atoms with E-state index in [0.717, 1.165) is 24.8 Å². The quantitative estimate of drug-likeness (QED) is 0.271. The molecule has 1 fully saturated rings. The standard InChI is InChI=1S/C26H30ClNO5/c1-4-7-14-28-23(17-8-11-19(12-9-17)33-15-5-2)22(25(30)26(28)31)24(29)18-10-13-20(27)21(16-18)32-6-3/h8-13,16,23,29H,4-7,14-15H2,1-3H3/b24-22-. The molecule has 1 amide bonds. The van der Waals surface area contributed by atoms with Crippen LogP contribution in [0.15, 0.2) is 48.0 Å². The van der Waals surface area contributed by atoms with Crippen molar-refractivity contribution in [3.8, 4) is 11.5 Å². The van der Waals surface area contributed by atoms with Crippen molar-refractivity contribution in [2.45, 2.75) is 46.1 Å². The molecule has 1 aliphatic heterocycles. The summed E-state index contributed by atoms with van der Waals surface area (Å²) in [7, 11) is 0. The number of aliphatic hydroxyl groups is 1. The zero-order valence-corrected chi connectivity index (χ0v) is 20.0. The van der Waals surface area contributed by atoms with Crippen LogP contribution < -0.4 is 9.47 Å². The number of ether oxygens (including phenoxy) is 2. The third kappa shape index (κ3) is 5.33. The van der Waals surface area contributed by atoms with Crippen LogP contribution in [0.4, 0.5) is 0 Å². The molecule has 33 heavy (non-hydrogen) atoms. The molecule has 1 saturated heterocycles. The Bertz CT molecular complexity index is 1030. The average molecular weight is 472 g/mol. The van der Waals surface area contributed by atoms with Gasteiger partial charge in [-0.25, -0.2) is 0 Å². The van der Waals surface area contributed by atoms with Crippen LogP contribution in [0.1, 0.15) is 57.2 Å². The van der Waals surface area contributed by atoms with Gasteiger partial charge in [0.1, 0.15) is 17.3 Å². The molecule has 0 aromatic heterocycles. The van der Waals surface area contributed by atoms with Crippen molar-refractivity contribution < 1.29 is 24.2 Å². The SMILES string of the molecule is CCCCN1C(=O)C(=O)/C(=C(\O)c2ccc(Cl)c(OCC)c2)C1c1ccc(OCCC)cc1. The van der Waals surface area contributed by atoms with Crippen molar-refractivity contribution in [1.29, 1.82) is 0 Å². The summed E-state index contributed by atoms with van der Waals surface area (Å²) < 4.78 is 11.2. The van der Waals surface area contributed by atoms with Gasteiger partial charge < -0.3 is 19.5 Å². The van der Waals surface area contributed by atoms with E-state index >= 15 is 0 Å². The van der Waals surface area contributed by atoms with Gasteiger partial charge in [0.2, 0.25) is 0 Å². The smallest absolute Gasteiger partial charge is 0.295 e. The first-order valence-corrected chi connectivity index (χ1v) is 11.7. The highest BCUT2D eigenvalue weighted by Crippen LogP contribution is 2.41. The number of hydrogen-bond donors (Lipinski definition) is 1. The Morgan fingerprint density at radius 2 is 1.76 bits per heavy atom. The topological polar surface area (TPSA) is 76.1 Å². The molecule has 6 nitrogen and oxygen atoms in total. The monoisotopic (exact) mass is 471 g/mol. The molecule has 2 aromatic rings. The first-order valence-electron chi connectivity index (χ1n) is 11.4. The number of carbonyl (C=O) groups is 2. The summed E-state index contributed by atoms with van der Waals surface area (Å²) in [6.45, 7) is 7.31. The molecule has 1 atom stereocenters. The Morgan fingerprint density at radius 3 is 2.39 bits per heavy atom. The summed E-state index contributed by atoms with van der Waals surface area (Å²) in [5.41, 5.74) is 1.15. The fourth-order valence-corrected chi connectivity index (χ4v) is 4.00. The number of benzene rings is 2. The van der Waals surface area contributed by atoms with Crippen molar-refractivity contribution >= 4 is 29.1 Å². The van der Waals surface area contributed by atoms with Crippen LogP contribution in [0.25, 0.3) is 5.76 Å². The predicted octanol–water partition coefficient (Wildman–Crippen LogP) is 5.75. The lowest BCUT2D eigenvalue weighted by Gasteiger charge is -2.25. The molecule has 0 radical (unpaired) electrons. The minimum atomic E-state index is -0.701. The van der Waals surface area contributed by atoms with Gasteiger partial charge >= 0.3 is 0 Å². The fraction of sp³-hybridized carbons (Fsp3) is 0.385. The van der Waals surface area contributed by atoms with E-state index in [-0.39, 0.29) is 11.3 Å². The number of aliphatic hydroxyl groups excluding tert-OH is 1. The van der Waals surface area contributed by atoms with Crippen molar-refractivity contribution in [2.75, 3.05) is 19.8 Å². The molecule has 7 heteroatoms. The molecule has 1 aliphatic rings. The average Bonchev–Trinajstić information content (AvgIpc) is 3.07. The number of Topliss-reactive ketones (excluding diaryl/α,β-unsaturated/α-hetero) is 1. The number of hydrogen-bond acceptors (Lipinski definition) is 5. The van der Waals surface area contributed by atoms with E-state index in [9.17, 15) is 14.7 Å². The van der Waals surface area contributed by atoms with Gasteiger partial charge in [-0.1, -0.05) is 44.0 Å². The number of amides is 1. The van der Waals surface area contributed by atoms with E-state index in [2.05, 4.69) is 0 Å². The van der Waals surface area contributed by atoms with E-state index in [1.165, 1.54) is 0 Å². The Kier molecular flexibility index (Phi) is 8.39. The van der Waals surface area contributed by atoms with Crippen molar-refractivity contribution in [3.63, 3.8) is 0 Å². The van der Waals surface area contributed by atoms with E-state index in [4.69, 9.17) is 21.1 Å². The van der Waals surface area contributed by atoms with Crippen LogP contribution >= 0.6 is 11.6 Å². The summed E-state index contributed by atoms with van der Waals surface area (Å²) in [4.78, 5) is 27.5. The Balaban J connectivity index is 2.09. The van der Waals surface area contributed by atoms with Gasteiger partial charge in [-0.3, -0.25) is 9.59 Å². The molecular formula is C26H30ClNO5. The Labute approximate surface area is 199 Å². The highest BCUT2D eigenvalue weighted by atomic mass is 35.5. The second kappa shape index (κ2) is 11.2. The fourth-order valence-electron chi connectivity index (χ4n) is 3.82. The highest BCUT2D eigenvalue weighted by molar-refractivity contribution is 6.46. The molecule has 1 unspecified atom stereocenters. The predicted molar refractivity (Wildman–Crippen MR) is 129 cm³/mol. The number of rotatable bonds is 10. The van der Waals surface area contributed by atoms with Gasteiger partial charge in [-0.05, 0) is 55.7 Å². The van der Waals surface area contributed by atoms with E-state index in [0.29, 0.717) is 41.8 Å². The van der Waals surface area contributed by atoms with Crippen LogP contribution in [-0.2, 0) is 9.59 Å². The van der Waals surface area contributed by atoms with Gasteiger partial charge in [0.05, 0.1) is 29.9 Å². The summed E-state index contributed by atoms with van der Waals surface area (Å²) in [6.07, 6.45) is 2.51. The number of halogens is 1. The molecule has 0 aliphatic carbocycles. The zero-order valence-electron chi connectivity index (χ0n) is 19.3. The first kappa shape index (κ1) is 24.6. The van der Waals surface area contributed by atoms with Crippen molar-refractivity contribution in [3.05, 3.63) is 64.2 Å². The number of carbonyl (C=O) groups excluding carboxylic acids is 2. The zero-order chi connectivity index (χ0) is 24.0. The molecule has 176 valence electrons. The van der Waals surface area contributed by atoms with Crippen molar-refractivity contribution in [1.82, 2.24) is 4.90 Å². The lowest BCUT2D eigenvalue weighted by atomic mass is 9.95. The minimum Gasteiger partial charge on any atom is -0.507 e. The summed E-state index contributed by atoms with van der Waals surface area (Å²) in [5, 5.41) is 11.6. The largest absolute Gasteiger partial charge is 0.507 e. The normalized spacial score (nSPS) is 17.5. The van der Waals surface area contributed by atoms with Gasteiger partial charge in [0.25, 0.3) is 11.7 Å². The maximum Gasteiger partial charge on any atom is 0.295 e. The lowest BCUT2D eigenvalue weighted by Crippen LogP contribution is -2.30. The van der Waals surface area contributed by atoms with Gasteiger partial charge in [-0.15, -0.1) is 0 Å². The summed E-state index contributed by atoms with van der Waals surface area (Å²) in [5.74, 6) is -0.447. The minimum absolute atomic E-state index is 0.0584. The molecule has 3 rings (SSSR count). The van der Waals surface area contributed by atoms with Crippen LogP contribution in [0.2, 0.25) is 5.02 Å². The molecule has 0 saturated carbocycles. The maximum atomic E-state index is 13.1. The second-order valence-electron chi connectivity index (χ2n) is 7.84. The third-order valence-corrected chi connectivity index (χ3v) is 5.78. The molecule has 0 spiro atoms. The second-order valence-corrected chi connectivity index (χ2v) is 8.25. The number of nitrogens with zero attached hydrogens (tertiary/aromatic N) is 1. The molecular weight excluding hydrogens is 442 g/mol. The Hall–Kier alpha value is -2.99. The summed E-state index contributed by atoms with van der Waals surface area (Å²) >= 11 is 6.18. The molecule has 2 aromatic carbocycles. The molecule has 1 heterocycles. The summed E-state index contributed by atoms with van der Waals surface area (Å²) in [6, 6.07) is 11.4. The number of ketones is 1. The van der Waals surface area contributed by atoms with Crippen LogP contribution in [0.3, 0.4) is 0 Å². The molecule has 0 bridgehead atoms.